The van der Waals surface area contributed by atoms with Crippen molar-refractivity contribution in [2.45, 2.75) is 90.1 Å². The fourth-order valence-corrected chi connectivity index (χ4v) is 3.32. The second-order valence-electron chi connectivity index (χ2n) is 6.57. The van der Waals surface area contributed by atoms with Crippen LogP contribution in [0.3, 0.4) is 0 Å². The highest BCUT2D eigenvalue weighted by Gasteiger charge is 2.17. The molecule has 0 spiro atoms. The van der Waals surface area contributed by atoms with Crippen LogP contribution in [-0.2, 0) is 18.6 Å². The predicted octanol–water partition coefficient (Wildman–Crippen LogP) is 6.23. The average Bonchev–Trinajstić information content (AvgIpc) is 2.57. The molecule has 0 bridgehead atoms. The Bertz CT molecular complexity index is 325. The molecule has 0 heterocycles. The summed E-state index contributed by atoms with van der Waals surface area (Å²) in [5.74, 6) is 0. The lowest BCUT2D eigenvalue weighted by atomic mass is 10.1. The highest BCUT2D eigenvalue weighted by atomic mass is 79.9. The Hall–Kier alpha value is 0.550. The zero-order valence-corrected chi connectivity index (χ0v) is 18.6. The number of unbranched alkanes of at least 4 members (excludes halogenated alkanes) is 11. The summed E-state index contributed by atoms with van der Waals surface area (Å²) < 4.78 is 26.5. The third kappa shape index (κ3) is 20.7. The first kappa shape index (κ1) is 25.6. The number of rotatable bonds is 19. The van der Waals surface area contributed by atoms with E-state index in [2.05, 4.69) is 22.4 Å². The van der Waals surface area contributed by atoms with Gasteiger partial charge in [-0.3, -0.25) is 4.52 Å². The van der Waals surface area contributed by atoms with E-state index in [-0.39, 0.29) is 12.7 Å². The first-order chi connectivity index (χ1) is 12.0. The summed E-state index contributed by atoms with van der Waals surface area (Å²) in [6.07, 6.45) is 11.9. The largest absolute Gasteiger partial charge is 0.393 e. The fraction of sp³-hybridized carbons (Fsp3) is 1.00. The van der Waals surface area contributed by atoms with E-state index >= 15 is 0 Å². The Labute approximate surface area is 162 Å². The van der Waals surface area contributed by atoms with Crippen molar-refractivity contribution in [3.8, 4) is 0 Å². The van der Waals surface area contributed by atoms with Crippen LogP contribution in [0.25, 0.3) is 0 Å². The van der Waals surface area contributed by atoms with Gasteiger partial charge in [0.05, 0.1) is 13.2 Å². The molecule has 25 heavy (non-hydrogen) atoms. The first-order valence-corrected chi connectivity index (χ1v) is 13.4. The predicted molar refractivity (Wildman–Crippen MR) is 107 cm³/mol. The number of methoxy groups -OCH3 is 1. The second kappa shape index (κ2) is 17.9. The van der Waals surface area contributed by atoms with Crippen LogP contribution in [-0.4, -0.2) is 37.9 Å². The molecule has 0 aliphatic carbocycles. The summed E-state index contributed by atoms with van der Waals surface area (Å²) in [6, 6.07) is 0. The van der Waals surface area contributed by atoms with Gasteiger partial charge in [0, 0.05) is 29.2 Å². The third-order valence-corrected chi connectivity index (χ3v) is 5.28. The fourth-order valence-electron chi connectivity index (χ4n) is 2.62. The molecule has 0 aromatic carbocycles. The van der Waals surface area contributed by atoms with Crippen LogP contribution in [0.15, 0.2) is 0 Å². The van der Waals surface area contributed by atoms with Gasteiger partial charge in [-0.05, 0) is 6.42 Å². The molecule has 5 nitrogen and oxygen atoms in total. The lowest BCUT2D eigenvalue weighted by Crippen LogP contribution is -2.23. The first-order valence-electron chi connectivity index (χ1n) is 9.77. The Morgan fingerprint density at radius 1 is 0.880 bits per heavy atom. The van der Waals surface area contributed by atoms with Gasteiger partial charge in [0.1, 0.15) is 6.10 Å². The van der Waals surface area contributed by atoms with Crippen LogP contribution in [0.5, 0.6) is 0 Å². The van der Waals surface area contributed by atoms with Gasteiger partial charge in [0.2, 0.25) is 0 Å². The minimum Gasteiger partial charge on any atom is -0.379 e. The highest BCUT2D eigenvalue weighted by Crippen LogP contribution is 2.50. The molecular formula is C18H38BrO5P. The normalized spacial score (nSPS) is 15.2. The maximum atomic E-state index is 11.0. The summed E-state index contributed by atoms with van der Waals surface area (Å²) >= 11 is 2.58. The Balaban J connectivity index is 3.28. The molecule has 0 aliphatic rings. The third-order valence-electron chi connectivity index (χ3n) is 4.20. The molecule has 2 atom stereocenters. The van der Waals surface area contributed by atoms with Crippen molar-refractivity contribution in [2.75, 3.05) is 26.9 Å². The summed E-state index contributed by atoms with van der Waals surface area (Å²) in [7, 11) is 1.54. The van der Waals surface area contributed by atoms with Crippen molar-refractivity contribution in [1.82, 2.24) is 0 Å². The lowest BCUT2D eigenvalue weighted by Gasteiger charge is -2.16. The lowest BCUT2D eigenvalue weighted by molar-refractivity contribution is -0.0158. The van der Waals surface area contributed by atoms with Gasteiger partial charge in [-0.25, -0.2) is 4.57 Å². The zero-order valence-electron chi connectivity index (χ0n) is 16.1. The summed E-state index contributed by atoms with van der Waals surface area (Å²) in [6.45, 7) is 3.37. The molecule has 2 unspecified atom stereocenters. The number of hydrogen-bond acceptors (Lipinski definition) is 4. The van der Waals surface area contributed by atoms with Crippen molar-refractivity contribution in [3.05, 3.63) is 0 Å². The van der Waals surface area contributed by atoms with Gasteiger partial charge in [-0.1, -0.05) is 77.6 Å². The highest BCUT2D eigenvalue weighted by molar-refractivity contribution is 9.39. The van der Waals surface area contributed by atoms with Crippen molar-refractivity contribution < 1.29 is 23.5 Å². The summed E-state index contributed by atoms with van der Waals surface area (Å²) in [5, 5.41) is 0. The van der Waals surface area contributed by atoms with Crippen molar-refractivity contribution >= 4 is 21.8 Å². The molecule has 0 aliphatic heterocycles. The van der Waals surface area contributed by atoms with E-state index in [0.29, 0.717) is 13.2 Å². The second-order valence-corrected chi connectivity index (χ2v) is 10.4. The topological polar surface area (TPSA) is 65.0 Å². The zero-order chi connectivity index (χ0) is 18.8. The van der Waals surface area contributed by atoms with Gasteiger partial charge in [-0.2, -0.15) is 0 Å². The molecule has 0 rings (SSSR count). The van der Waals surface area contributed by atoms with Gasteiger partial charge < -0.3 is 14.4 Å². The van der Waals surface area contributed by atoms with Crippen molar-refractivity contribution in [2.24, 2.45) is 0 Å². The van der Waals surface area contributed by atoms with Gasteiger partial charge in [0.15, 0.2) is 0 Å². The minimum absolute atomic E-state index is 0.0357. The SMILES string of the molecule is CCCCCCCCCCCCCCOCC(COP(=O)(O)Br)OC. The van der Waals surface area contributed by atoms with Crippen LogP contribution < -0.4 is 0 Å². The molecular weight excluding hydrogens is 407 g/mol. The molecule has 0 saturated heterocycles. The molecule has 152 valence electrons. The summed E-state index contributed by atoms with van der Waals surface area (Å²) in [4.78, 5) is 9.01. The Kier molecular flexibility index (Phi) is 18.3. The molecule has 0 aromatic rings. The number of hydrogen-bond donors (Lipinski definition) is 1. The molecule has 1 N–H and O–H groups in total. The van der Waals surface area contributed by atoms with E-state index in [1.165, 1.54) is 77.7 Å². The Morgan fingerprint density at radius 2 is 1.36 bits per heavy atom. The van der Waals surface area contributed by atoms with Crippen molar-refractivity contribution in [3.63, 3.8) is 0 Å². The van der Waals surface area contributed by atoms with Gasteiger partial charge >= 0.3 is 6.30 Å². The smallest absolute Gasteiger partial charge is 0.379 e. The van der Waals surface area contributed by atoms with E-state index in [9.17, 15) is 4.57 Å². The maximum absolute atomic E-state index is 11.0. The molecule has 0 fully saturated rings. The molecule has 0 amide bonds. The van der Waals surface area contributed by atoms with E-state index in [1.54, 1.807) is 0 Å². The maximum Gasteiger partial charge on any atom is 0.393 e. The molecule has 0 aromatic heterocycles. The minimum atomic E-state index is -3.63. The van der Waals surface area contributed by atoms with E-state index in [4.69, 9.17) is 18.9 Å². The molecule has 0 saturated carbocycles. The van der Waals surface area contributed by atoms with Crippen LogP contribution in [0.2, 0.25) is 0 Å². The van der Waals surface area contributed by atoms with E-state index < -0.39 is 6.30 Å². The average molecular weight is 445 g/mol. The van der Waals surface area contributed by atoms with E-state index in [1.807, 2.05) is 0 Å². The van der Waals surface area contributed by atoms with Gasteiger partial charge in [-0.15, -0.1) is 0 Å². The number of halogens is 1. The van der Waals surface area contributed by atoms with Crippen LogP contribution in [0.1, 0.15) is 84.0 Å². The Morgan fingerprint density at radius 3 is 1.80 bits per heavy atom. The van der Waals surface area contributed by atoms with Crippen molar-refractivity contribution in [1.29, 1.82) is 0 Å². The van der Waals surface area contributed by atoms with Crippen LogP contribution in [0, 0.1) is 0 Å². The van der Waals surface area contributed by atoms with Crippen LogP contribution >= 0.6 is 21.8 Å². The van der Waals surface area contributed by atoms with Crippen LogP contribution in [0.4, 0.5) is 0 Å². The molecule has 7 heteroatoms. The van der Waals surface area contributed by atoms with E-state index in [0.717, 1.165) is 6.42 Å². The monoisotopic (exact) mass is 444 g/mol. The quantitative estimate of drug-likeness (QED) is 0.189. The number of ether oxygens (including phenoxy) is 2. The van der Waals surface area contributed by atoms with Gasteiger partial charge in [0.25, 0.3) is 0 Å². The summed E-state index contributed by atoms with van der Waals surface area (Å²) in [5.41, 5.74) is 0. The molecule has 0 radical (unpaired) electrons. The standard InChI is InChI=1S/C18H38BrO5P/c1-3-4-5-6-7-8-9-10-11-12-13-14-15-23-16-18(22-2)17-24-25(19,20)21/h18H,3-17H2,1-2H3,(H,20,21).